The van der Waals surface area contributed by atoms with Gasteiger partial charge >= 0.3 is 0 Å². The summed E-state index contributed by atoms with van der Waals surface area (Å²) in [6, 6.07) is 0. The van der Waals surface area contributed by atoms with Gasteiger partial charge in [-0.25, -0.2) is 4.68 Å². The van der Waals surface area contributed by atoms with E-state index in [1.165, 1.54) is 6.33 Å². The number of carbonyl (C=O) groups excluding carboxylic acids is 1. The molecule has 6 nitrogen and oxygen atoms in total. The highest BCUT2D eigenvalue weighted by atomic mass is 16.1. The van der Waals surface area contributed by atoms with Crippen LogP contribution in [0.3, 0.4) is 0 Å². The number of hydrogen-bond donors (Lipinski definition) is 1. The van der Waals surface area contributed by atoms with E-state index in [4.69, 9.17) is 0 Å². The molecule has 0 saturated carbocycles. The first-order chi connectivity index (χ1) is 5.83. The maximum Gasteiger partial charge on any atom is 0.219 e. The quantitative estimate of drug-likeness (QED) is 0.640. The molecule has 1 aromatic rings. The molecule has 6 heteroatoms. The van der Waals surface area contributed by atoms with Crippen LogP contribution in [-0.4, -0.2) is 32.7 Å². The van der Waals surface area contributed by atoms with E-state index in [1.807, 2.05) is 6.92 Å². The van der Waals surface area contributed by atoms with Crippen molar-refractivity contribution >= 4 is 5.91 Å². The Balaban J connectivity index is 2.15. The van der Waals surface area contributed by atoms with Gasteiger partial charge in [0.15, 0.2) is 0 Å². The molecular formula is C6H11N5O. The lowest BCUT2D eigenvalue weighted by atomic mass is 10.4. The molecule has 1 rings (SSSR count). The lowest BCUT2D eigenvalue weighted by Gasteiger charge is -2.01. The standard InChI is InChI=1S/C6H11N5O/c1-2-6(12)7-3-4-11-5-8-9-10-11/h5H,2-4H2,1H3,(H,7,12). The highest BCUT2D eigenvalue weighted by molar-refractivity contribution is 5.75. The summed E-state index contributed by atoms with van der Waals surface area (Å²) >= 11 is 0. The van der Waals surface area contributed by atoms with Gasteiger partial charge in [-0.05, 0) is 10.4 Å². The van der Waals surface area contributed by atoms with Crippen molar-refractivity contribution in [3.8, 4) is 0 Å². The Morgan fingerprint density at radius 3 is 3.08 bits per heavy atom. The fraction of sp³-hybridized carbons (Fsp3) is 0.667. The normalized spacial score (nSPS) is 9.75. The molecule has 0 saturated heterocycles. The van der Waals surface area contributed by atoms with Gasteiger partial charge in [0, 0.05) is 13.0 Å². The third kappa shape index (κ3) is 2.65. The van der Waals surface area contributed by atoms with Crippen LogP contribution in [-0.2, 0) is 11.3 Å². The summed E-state index contributed by atoms with van der Waals surface area (Å²) in [5, 5.41) is 13.3. The lowest BCUT2D eigenvalue weighted by Crippen LogP contribution is -2.26. The zero-order valence-corrected chi connectivity index (χ0v) is 6.90. The van der Waals surface area contributed by atoms with Crippen LogP contribution in [0.5, 0.6) is 0 Å². The molecule has 0 fully saturated rings. The van der Waals surface area contributed by atoms with E-state index in [9.17, 15) is 4.79 Å². The number of aromatic nitrogens is 4. The van der Waals surface area contributed by atoms with Gasteiger partial charge < -0.3 is 5.32 Å². The van der Waals surface area contributed by atoms with E-state index in [2.05, 4.69) is 20.8 Å². The summed E-state index contributed by atoms with van der Waals surface area (Å²) in [6.45, 7) is 2.99. The minimum atomic E-state index is 0.0445. The van der Waals surface area contributed by atoms with E-state index in [0.29, 0.717) is 19.5 Å². The van der Waals surface area contributed by atoms with Crippen LogP contribution >= 0.6 is 0 Å². The molecule has 66 valence electrons. The Labute approximate surface area is 70.0 Å². The number of amides is 1. The second-order valence-corrected chi connectivity index (χ2v) is 2.28. The Bertz CT molecular complexity index is 232. The first kappa shape index (κ1) is 8.63. The Hall–Kier alpha value is -1.46. The molecule has 0 atom stereocenters. The number of nitrogens with one attached hydrogen (secondary N) is 1. The predicted octanol–water partition coefficient (Wildman–Crippen LogP) is -0.801. The summed E-state index contributed by atoms with van der Waals surface area (Å²) in [7, 11) is 0. The first-order valence-electron chi connectivity index (χ1n) is 3.80. The molecule has 0 radical (unpaired) electrons. The van der Waals surface area contributed by atoms with E-state index in [0.717, 1.165) is 0 Å². The van der Waals surface area contributed by atoms with Crippen LogP contribution in [0.1, 0.15) is 13.3 Å². The number of carbonyl (C=O) groups is 1. The number of nitrogens with zero attached hydrogens (tertiary/aromatic N) is 4. The average Bonchev–Trinajstić information content (AvgIpc) is 2.57. The summed E-state index contributed by atoms with van der Waals surface area (Å²) < 4.78 is 1.57. The van der Waals surface area contributed by atoms with Crippen LogP contribution in [0.2, 0.25) is 0 Å². The van der Waals surface area contributed by atoms with Crippen molar-refractivity contribution in [1.82, 2.24) is 25.5 Å². The summed E-state index contributed by atoms with van der Waals surface area (Å²) in [6.07, 6.45) is 2.02. The van der Waals surface area contributed by atoms with Gasteiger partial charge in [-0.1, -0.05) is 6.92 Å². The number of rotatable bonds is 4. The minimum Gasteiger partial charge on any atom is -0.354 e. The zero-order valence-electron chi connectivity index (χ0n) is 6.90. The third-order valence-corrected chi connectivity index (χ3v) is 1.38. The molecule has 0 unspecified atom stereocenters. The van der Waals surface area contributed by atoms with Gasteiger partial charge in [0.25, 0.3) is 0 Å². The first-order valence-corrected chi connectivity index (χ1v) is 3.80. The molecule has 1 aromatic heterocycles. The fourth-order valence-electron chi connectivity index (χ4n) is 0.718. The predicted molar refractivity (Wildman–Crippen MR) is 41.1 cm³/mol. The van der Waals surface area contributed by atoms with Gasteiger partial charge in [0.1, 0.15) is 6.33 Å². The molecule has 0 bridgehead atoms. The monoisotopic (exact) mass is 169 g/mol. The van der Waals surface area contributed by atoms with Crippen molar-refractivity contribution < 1.29 is 4.79 Å². The zero-order chi connectivity index (χ0) is 8.81. The van der Waals surface area contributed by atoms with Gasteiger partial charge in [0.05, 0.1) is 6.54 Å². The van der Waals surface area contributed by atoms with Gasteiger partial charge in [-0.2, -0.15) is 0 Å². The van der Waals surface area contributed by atoms with E-state index in [1.54, 1.807) is 4.68 Å². The Morgan fingerprint density at radius 1 is 1.67 bits per heavy atom. The summed E-state index contributed by atoms with van der Waals surface area (Å²) in [5.74, 6) is 0.0445. The molecule has 0 aromatic carbocycles. The van der Waals surface area contributed by atoms with Crippen molar-refractivity contribution in [2.24, 2.45) is 0 Å². The SMILES string of the molecule is CCC(=O)NCCn1cnnn1. The van der Waals surface area contributed by atoms with Crippen LogP contribution in [0.15, 0.2) is 6.33 Å². The number of hydrogen-bond acceptors (Lipinski definition) is 4. The van der Waals surface area contributed by atoms with Gasteiger partial charge in [-0.3, -0.25) is 4.79 Å². The highest BCUT2D eigenvalue weighted by Crippen LogP contribution is 1.77. The van der Waals surface area contributed by atoms with Crippen LogP contribution < -0.4 is 5.32 Å². The largest absolute Gasteiger partial charge is 0.354 e. The van der Waals surface area contributed by atoms with Gasteiger partial charge in [0.2, 0.25) is 5.91 Å². The van der Waals surface area contributed by atoms with E-state index < -0.39 is 0 Å². The van der Waals surface area contributed by atoms with Crippen molar-refractivity contribution in [3.63, 3.8) is 0 Å². The molecule has 12 heavy (non-hydrogen) atoms. The summed E-state index contributed by atoms with van der Waals surface area (Å²) in [5.41, 5.74) is 0. The van der Waals surface area contributed by atoms with E-state index in [-0.39, 0.29) is 5.91 Å². The minimum absolute atomic E-state index is 0.0445. The van der Waals surface area contributed by atoms with Crippen LogP contribution in [0.25, 0.3) is 0 Å². The van der Waals surface area contributed by atoms with Crippen molar-refractivity contribution in [1.29, 1.82) is 0 Å². The van der Waals surface area contributed by atoms with Gasteiger partial charge in [-0.15, -0.1) is 5.10 Å². The summed E-state index contributed by atoms with van der Waals surface area (Å²) in [4.78, 5) is 10.8. The van der Waals surface area contributed by atoms with Crippen molar-refractivity contribution in [2.75, 3.05) is 6.54 Å². The fourth-order valence-corrected chi connectivity index (χ4v) is 0.718. The molecule has 1 heterocycles. The topological polar surface area (TPSA) is 72.7 Å². The Kier molecular flexibility index (Phi) is 3.18. The van der Waals surface area contributed by atoms with Crippen LogP contribution in [0.4, 0.5) is 0 Å². The lowest BCUT2D eigenvalue weighted by molar-refractivity contribution is -0.120. The number of tetrazole rings is 1. The second-order valence-electron chi connectivity index (χ2n) is 2.28. The van der Waals surface area contributed by atoms with E-state index >= 15 is 0 Å². The maximum absolute atomic E-state index is 10.8. The highest BCUT2D eigenvalue weighted by Gasteiger charge is 1.95. The van der Waals surface area contributed by atoms with Crippen molar-refractivity contribution in [2.45, 2.75) is 19.9 Å². The molecular weight excluding hydrogens is 158 g/mol. The third-order valence-electron chi connectivity index (χ3n) is 1.38. The molecule has 0 aliphatic heterocycles. The molecule has 0 spiro atoms. The molecule has 0 aliphatic carbocycles. The van der Waals surface area contributed by atoms with Crippen molar-refractivity contribution in [3.05, 3.63) is 6.33 Å². The maximum atomic E-state index is 10.8. The smallest absolute Gasteiger partial charge is 0.219 e. The Morgan fingerprint density at radius 2 is 2.50 bits per heavy atom. The molecule has 1 amide bonds. The molecule has 0 aliphatic rings. The average molecular weight is 169 g/mol. The van der Waals surface area contributed by atoms with Crippen LogP contribution in [0, 0.1) is 0 Å². The second kappa shape index (κ2) is 4.42. The molecule has 1 N–H and O–H groups in total.